The maximum atomic E-state index is 9.15. The minimum absolute atomic E-state index is 0.201. The van der Waals surface area contributed by atoms with Crippen LogP contribution in [0.3, 0.4) is 0 Å². The number of aliphatic hydroxyl groups is 1. The fraction of sp³-hybridized carbons (Fsp3) is 0.667. The van der Waals surface area contributed by atoms with E-state index in [2.05, 4.69) is 32.2 Å². The Kier molecular flexibility index (Phi) is 5.92. The van der Waals surface area contributed by atoms with Crippen LogP contribution in [0.1, 0.15) is 17.7 Å². The van der Waals surface area contributed by atoms with Gasteiger partial charge in [-0.25, -0.2) is 0 Å². The molecule has 1 aromatic heterocycles. The Morgan fingerprint density at radius 1 is 1.61 bits per heavy atom. The summed E-state index contributed by atoms with van der Waals surface area (Å²) < 4.78 is 1.76. The summed E-state index contributed by atoms with van der Waals surface area (Å²) in [6.07, 6.45) is 2.49. The van der Waals surface area contributed by atoms with Gasteiger partial charge in [0.1, 0.15) is 4.34 Å². The Morgan fingerprint density at radius 2 is 2.44 bits per heavy atom. The van der Waals surface area contributed by atoms with E-state index in [-0.39, 0.29) is 6.61 Å². The van der Waals surface area contributed by atoms with E-state index in [9.17, 15) is 0 Å². The van der Waals surface area contributed by atoms with Crippen LogP contribution in [0.15, 0.2) is 10.5 Å². The van der Waals surface area contributed by atoms with Gasteiger partial charge in [-0.05, 0) is 41.4 Å². The molecule has 0 bridgehead atoms. The van der Waals surface area contributed by atoms with Crippen LogP contribution in [0.4, 0.5) is 0 Å². The van der Waals surface area contributed by atoms with Crippen molar-refractivity contribution in [2.45, 2.75) is 25.4 Å². The van der Waals surface area contributed by atoms with E-state index in [1.54, 1.807) is 11.3 Å². The van der Waals surface area contributed by atoms with Crippen LogP contribution in [0, 0.1) is 0 Å². The maximum absolute atomic E-state index is 9.15. The number of halogens is 2. The van der Waals surface area contributed by atoms with Gasteiger partial charge in [-0.3, -0.25) is 4.90 Å². The molecule has 1 aliphatic rings. The normalized spacial score (nSPS) is 19.9. The van der Waals surface area contributed by atoms with Crippen molar-refractivity contribution in [3.05, 3.63) is 19.8 Å². The quantitative estimate of drug-likeness (QED) is 0.825. The largest absolute Gasteiger partial charge is 0.395 e. The number of hydrogen-bond acceptors (Lipinski definition) is 4. The molecule has 0 aromatic carbocycles. The molecule has 1 aromatic rings. The molecule has 0 amide bonds. The molecule has 1 unspecified atom stereocenters. The molecule has 6 heteroatoms. The van der Waals surface area contributed by atoms with Crippen molar-refractivity contribution in [1.82, 2.24) is 10.2 Å². The molecule has 18 heavy (non-hydrogen) atoms. The average Bonchev–Trinajstić information content (AvgIpc) is 2.91. The second-order valence-corrected chi connectivity index (χ2v) is 7.18. The van der Waals surface area contributed by atoms with Crippen LogP contribution >= 0.6 is 38.9 Å². The van der Waals surface area contributed by atoms with Crippen LogP contribution in [0.2, 0.25) is 4.34 Å². The van der Waals surface area contributed by atoms with Gasteiger partial charge >= 0.3 is 0 Å². The molecular formula is C12H18BrClN2OS. The highest BCUT2D eigenvalue weighted by molar-refractivity contribution is 9.10. The molecule has 1 aliphatic heterocycles. The molecule has 0 saturated carbocycles. The molecule has 102 valence electrons. The zero-order valence-electron chi connectivity index (χ0n) is 10.2. The number of nitrogens with one attached hydrogen (secondary N) is 1. The molecule has 1 fully saturated rings. The number of nitrogens with zero attached hydrogens (tertiary/aromatic N) is 1. The van der Waals surface area contributed by atoms with Gasteiger partial charge in [-0.2, -0.15) is 0 Å². The Labute approximate surface area is 125 Å². The fourth-order valence-corrected chi connectivity index (χ4v) is 4.12. The highest BCUT2D eigenvalue weighted by Crippen LogP contribution is 2.32. The standard InChI is InChI=1S/C12H18BrClN2OS/c13-11-6-10(18-12(11)14)8-16(4-5-17)7-9-2-1-3-15-9/h6,9,15,17H,1-5,7-8H2. The SMILES string of the molecule is OCCN(Cc1cc(Br)c(Cl)s1)CC1CCCN1. The van der Waals surface area contributed by atoms with Crippen molar-refractivity contribution in [3.8, 4) is 0 Å². The number of aliphatic hydroxyl groups excluding tert-OH is 1. The zero-order valence-corrected chi connectivity index (χ0v) is 13.3. The Bertz CT molecular complexity index is 363. The van der Waals surface area contributed by atoms with Crippen LogP contribution < -0.4 is 5.32 Å². The molecular weight excluding hydrogens is 336 g/mol. The molecule has 0 radical (unpaired) electrons. The third kappa shape index (κ3) is 4.18. The molecule has 2 heterocycles. The lowest BCUT2D eigenvalue weighted by molar-refractivity contribution is 0.180. The first-order valence-electron chi connectivity index (χ1n) is 6.19. The minimum Gasteiger partial charge on any atom is -0.395 e. The van der Waals surface area contributed by atoms with E-state index in [1.165, 1.54) is 17.7 Å². The lowest BCUT2D eigenvalue weighted by atomic mass is 10.2. The first-order chi connectivity index (χ1) is 8.69. The molecule has 0 aliphatic carbocycles. The summed E-state index contributed by atoms with van der Waals surface area (Å²) in [6, 6.07) is 2.63. The summed E-state index contributed by atoms with van der Waals surface area (Å²) in [5.74, 6) is 0. The zero-order chi connectivity index (χ0) is 13.0. The molecule has 1 atom stereocenters. The summed E-state index contributed by atoms with van der Waals surface area (Å²) in [6.45, 7) is 3.88. The topological polar surface area (TPSA) is 35.5 Å². The summed E-state index contributed by atoms with van der Waals surface area (Å²) in [5, 5.41) is 12.6. The third-order valence-corrected chi connectivity index (χ3v) is 5.59. The Morgan fingerprint density at radius 3 is 3.00 bits per heavy atom. The van der Waals surface area contributed by atoms with Gasteiger partial charge in [0.2, 0.25) is 0 Å². The van der Waals surface area contributed by atoms with Gasteiger partial charge < -0.3 is 10.4 Å². The van der Waals surface area contributed by atoms with Gasteiger partial charge in [-0.1, -0.05) is 11.6 Å². The predicted octanol–water partition coefficient (Wildman–Crippen LogP) is 2.71. The first kappa shape index (κ1) is 14.8. The summed E-state index contributed by atoms with van der Waals surface area (Å²) >= 11 is 11.1. The van der Waals surface area contributed by atoms with Crippen molar-refractivity contribution in [1.29, 1.82) is 0 Å². The van der Waals surface area contributed by atoms with Crippen LogP contribution in [-0.2, 0) is 6.54 Å². The predicted molar refractivity (Wildman–Crippen MR) is 80.4 cm³/mol. The van der Waals surface area contributed by atoms with Gasteiger partial charge in [0.15, 0.2) is 0 Å². The van der Waals surface area contributed by atoms with E-state index in [0.717, 1.165) is 28.4 Å². The van der Waals surface area contributed by atoms with Crippen molar-refractivity contribution < 1.29 is 5.11 Å². The lowest BCUT2D eigenvalue weighted by Gasteiger charge is -2.24. The van der Waals surface area contributed by atoms with Crippen molar-refractivity contribution >= 4 is 38.9 Å². The summed E-state index contributed by atoms with van der Waals surface area (Å²) in [5.41, 5.74) is 0. The molecule has 0 spiro atoms. The van der Waals surface area contributed by atoms with Crippen LogP contribution in [0.5, 0.6) is 0 Å². The van der Waals surface area contributed by atoms with E-state index in [1.807, 2.05) is 0 Å². The van der Waals surface area contributed by atoms with Gasteiger partial charge in [0.05, 0.1) is 6.61 Å². The average molecular weight is 354 g/mol. The second-order valence-electron chi connectivity index (χ2n) is 4.59. The summed E-state index contributed by atoms with van der Waals surface area (Å²) in [4.78, 5) is 3.52. The van der Waals surface area contributed by atoms with E-state index < -0.39 is 0 Å². The molecule has 2 rings (SSSR count). The monoisotopic (exact) mass is 352 g/mol. The number of rotatable bonds is 6. The molecule has 3 nitrogen and oxygen atoms in total. The maximum Gasteiger partial charge on any atom is 0.107 e. The Balaban J connectivity index is 1.92. The molecule has 1 saturated heterocycles. The van der Waals surface area contributed by atoms with Crippen LogP contribution in [-0.4, -0.2) is 42.3 Å². The minimum atomic E-state index is 0.201. The summed E-state index contributed by atoms with van der Waals surface area (Å²) in [7, 11) is 0. The van der Waals surface area contributed by atoms with E-state index in [4.69, 9.17) is 16.7 Å². The number of hydrogen-bond donors (Lipinski definition) is 2. The van der Waals surface area contributed by atoms with Crippen molar-refractivity contribution in [2.75, 3.05) is 26.2 Å². The first-order valence-corrected chi connectivity index (χ1v) is 8.18. The second kappa shape index (κ2) is 7.22. The molecule has 2 N–H and O–H groups in total. The van der Waals surface area contributed by atoms with Gasteiger partial charge in [0.25, 0.3) is 0 Å². The van der Waals surface area contributed by atoms with E-state index >= 15 is 0 Å². The third-order valence-electron chi connectivity index (χ3n) is 3.13. The van der Waals surface area contributed by atoms with Gasteiger partial charge in [-0.15, -0.1) is 11.3 Å². The van der Waals surface area contributed by atoms with Gasteiger partial charge in [0, 0.05) is 35.0 Å². The lowest BCUT2D eigenvalue weighted by Crippen LogP contribution is -2.38. The highest BCUT2D eigenvalue weighted by Gasteiger charge is 2.18. The van der Waals surface area contributed by atoms with Crippen molar-refractivity contribution in [3.63, 3.8) is 0 Å². The van der Waals surface area contributed by atoms with E-state index in [0.29, 0.717) is 12.6 Å². The van der Waals surface area contributed by atoms with Crippen molar-refractivity contribution in [2.24, 2.45) is 0 Å². The fourth-order valence-electron chi connectivity index (χ4n) is 2.29. The van der Waals surface area contributed by atoms with Crippen LogP contribution in [0.25, 0.3) is 0 Å². The Hall–Kier alpha value is 0.350. The highest BCUT2D eigenvalue weighted by atomic mass is 79.9. The smallest absolute Gasteiger partial charge is 0.107 e. The number of thiophene rings is 1.